The number of benzene rings is 1. The Morgan fingerprint density at radius 3 is 2.29 bits per heavy atom. The summed E-state index contributed by atoms with van der Waals surface area (Å²) in [5, 5.41) is 0. The second-order valence-corrected chi connectivity index (χ2v) is 6.51. The van der Waals surface area contributed by atoms with Crippen LogP contribution in [0.3, 0.4) is 0 Å². The van der Waals surface area contributed by atoms with Crippen molar-refractivity contribution in [3.63, 3.8) is 0 Å². The zero-order valence-electron chi connectivity index (χ0n) is 13.2. The summed E-state index contributed by atoms with van der Waals surface area (Å²) >= 11 is 0. The molecule has 2 fully saturated rings. The lowest BCUT2D eigenvalue weighted by Crippen LogP contribution is -2.53. The highest BCUT2D eigenvalue weighted by Crippen LogP contribution is 2.24. The number of nitrogens with zero attached hydrogens (tertiary/aromatic N) is 3. The van der Waals surface area contributed by atoms with E-state index >= 15 is 0 Å². The van der Waals surface area contributed by atoms with Crippen LogP contribution in [0, 0.1) is 12.7 Å². The van der Waals surface area contributed by atoms with Crippen LogP contribution in [-0.2, 0) is 0 Å². The number of halogens is 1. The van der Waals surface area contributed by atoms with Crippen LogP contribution in [0.25, 0.3) is 0 Å². The predicted octanol–water partition coefficient (Wildman–Crippen LogP) is 2.35. The summed E-state index contributed by atoms with van der Waals surface area (Å²) in [4.78, 5) is 7.21. The minimum atomic E-state index is -0.0808. The molecule has 4 heteroatoms. The molecule has 0 bridgehead atoms. The van der Waals surface area contributed by atoms with Crippen molar-refractivity contribution in [1.82, 2.24) is 9.80 Å². The van der Waals surface area contributed by atoms with Crippen molar-refractivity contribution in [2.24, 2.45) is 0 Å². The number of aryl methyl sites for hydroxylation is 1. The molecule has 3 nitrogen and oxygen atoms in total. The lowest BCUT2D eigenvalue weighted by molar-refractivity contribution is 0.115. The van der Waals surface area contributed by atoms with E-state index in [1.165, 1.54) is 25.9 Å². The van der Waals surface area contributed by atoms with Crippen LogP contribution in [0.1, 0.15) is 18.4 Å². The molecule has 0 atom stereocenters. The molecule has 2 saturated heterocycles. The van der Waals surface area contributed by atoms with Gasteiger partial charge in [0.05, 0.1) is 5.69 Å². The summed E-state index contributed by atoms with van der Waals surface area (Å²) in [6, 6.07) is 6.29. The molecule has 1 aromatic rings. The quantitative estimate of drug-likeness (QED) is 0.828. The largest absolute Gasteiger partial charge is 0.367 e. The maximum Gasteiger partial charge on any atom is 0.146 e. The van der Waals surface area contributed by atoms with E-state index in [1.807, 2.05) is 19.1 Å². The van der Waals surface area contributed by atoms with E-state index in [1.54, 1.807) is 6.07 Å². The molecule has 0 spiro atoms. The van der Waals surface area contributed by atoms with Gasteiger partial charge < -0.3 is 9.80 Å². The fraction of sp³-hybridized carbons (Fsp3) is 0.647. The van der Waals surface area contributed by atoms with Crippen molar-refractivity contribution in [3.8, 4) is 0 Å². The molecule has 2 aliphatic rings. The van der Waals surface area contributed by atoms with Gasteiger partial charge in [0.2, 0.25) is 0 Å². The summed E-state index contributed by atoms with van der Waals surface area (Å²) in [5.41, 5.74) is 1.75. The minimum absolute atomic E-state index is 0.0808. The standard InChI is InChI=1S/C17H26FN3/c1-14-3-4-17(16(18)13-14)21-11-9-20(10-12-21)15-5-7-19(2)8-6-15/h3-4,13,15H,5-12H2,1-2H3. The fourth-order valence-corrected chi connectivity index (χ4v) is 3.56. The Morgan fingerprint density at radius 2 is 1.67 bits per heavy atom. The van der Waals surface area contributed by atoms with Crippen molar-refractivity contribution < 1.29 is 4.39 Å². The summed E-state index contributed by atoms with van der Waals surface area (Å²) in [5.74, 6) is -0.0808. The first-order valence-corrected chi connectivity index (χ1v) is 8.07. The maximum absolute atomic E-state index is 14.1. The summed E-state index contributed by atoms with van der Waals surface area (Å²) in [7, 11) is 2.20. The third-order valence-electron chi connectivity index (χ3n) is 4.96. The molecule has 3 rings (SSSR count). The Bertz CT molecular complexity index is 475. The molecule has 1 aromatic carbocycles. The van der Waals surface area contributed by atoms with Crippen LogP contribution in [0.2, 0.25) is 0 Å². The number of anilines is 1. The van der Waals surface area contributed by atoms with E-state index in [4.69, 9.17) is 0 Å². The van der Waals surface area contributed by atoms with Crippen LogP contribution >= 0.6 is 0 Å². The Labute approximate surface area is 127 Å². The van der Waals surface area contributed by atoms with Crippen LogP contribution in [-0.4, -0.2) is 62.2 Å². The first kappa shape index (κ1) is 14.8. The molecule has 21 heavy (non-hydrogen) atoms. The molecule has 0 radical (unpaired) electrons. The monoisotopic (exact) mass is 291 g/mol. The third-order valence-corrected chi connectivity index (χ3v) is 4.96. The summed E-state index contributed by atoms with van der Waals surface area (Å²) in [6.07, 6.45) is 2.55. The van der Waals surface area contributed by atoms with Crippen LogP contribution in [0.4, 0.5) is 10.1 Å². The molecule has 2 aliphatic heterocycles. The molecule has 0 N–H and O–H groups in total. The van der Waals surface area contributed by atoms with Crippen molar-refractivity contribution in [2.45, 2.75) is 25.8 Å². The van der Waals surface area contributed by atoms with Crippen LogP contribution < -0.4 is 4.90 Å². The van der Waals surface area contributed by atoms with Gasteiger partial charge in [0.15, 0.2) is 0 Å². The lowest BCUT2D eigenvalue weighted by atomic mass is 10.0. The summed E-state index contributed by atoms with van der Waals surface area (Å²) in [6.45, 7) is 8.34. The van der Waals surface area contributed by atoms with Crippen LogP contribution in [0.5, 0.6) is 0 Å². The van der Waals surface area contributed by atoms with Gasteiger partial charge in [0, 0.05) is 32.2 Å². The van der Waals surface area contributed by atoms with Gasteiger partial charge in [-0.1, -0.05) is 6.07 Å². The Kier molecular flexibility index (Phi) is 4.45. The zero-order chi connectivity index (χ0) is 14.8. The molecule has 116 valence electrons. The molecule has 0 unspecified atom stereocenters. The minimum Gasteiger partial charge on any atom is -0.367 e. The van der Waals surface area contributed by atoms with Gasteiger partial charge >= 0.3 is 0 Å². The van der Waals surface area contributed by atoms with Gasteiger partial charge in [-0.3, -0.25) is 4.90 Å². The topological polar surface area (TPSA) is 9.72 Å². The third kappa shape index (κ3) is 3.38. The van der Waals surface area contributed by atoms with Gasteiger partial charge in [-0.05, 0) is 57.6 Å². The van der Waals surface area contributed by atoms with Gasteiger partial charge in [-0.2, -0.15) is 0 Å². The highest BCUT2D eigenvalue weighted by molar-refractivity contribution is 5.49. The predicted molar refractivity (Wildman–Crippen MR) is 85.4 cm³/mol. The molecular formula is C17H26FN3. The summed E-state index contributed by atoms with van der Waals surface area (Å²) < 4.78 is 14.1. The first-order valence-electron chi connectivity index (χ1n) is 8.07. The van der Waals surface area contributed by atoms with E-state index in [9.17, 15) is 4.39 Å². The smallest absolute Gasteiger partial charge is 0.146 e. The average molecular weight is 291 g/mol. The normalized spacial score (nSPS) is 22.7. The second kappa shape index (κ2) is 6.32. The van der Waals surface area contributed by atoms with Crippen LogP contribution in [0.15, 0.2) is 18.2 Å². The highest BCUT2D eigenvalue weighted by Gasteiger charge is 2.27. The number of piperidine rings is 1. The van der Waals surface area contributed by atoms with Crippen molar-refractivity contribution in [2.75, 3.05) is 51.2 Å². The SMILES string of the molecule is Cc1ccc(N2CCN(C3CCN(C)CC3)CC2)c(F)c1. The molecular weight excluding hydrogens is 265 g/mol. The fourth-order valence-electron chi connectivity index (χ4n) is 3.56. The van der Waals surface area contributed by atoms with E-state index in [0.717, 1.165) is 43.5 Å². The maximum atomic E-state index is 14.1. The highest BCUT2D eigenvalue weighted by atomic mass is 19.1. The van der Waals surface area contributed by atoms with Crippen molar-refractivity contribution in [3.05, 3.63) is 29.6 Å². The number of hydrogen-bond acceptors (Lipinski definition) is 3. The molecule has 0 aliphatic carbocycles. The Morgan fingerprint density at radius 1 is 1.00 bits per heavy atom. The Balaban J connectivity index is 1.57. The van der Waals surface area contributed by atoms with Gasteiger partial charge in [0.1, 0.15) is 5.82 Å². The first-order chi connectivity index (χ1) is 10.1. The number of hydrogen-bond donors (Lipinski definition) is 0. The van der Waals surface area contributed by atoms with Crippen molar-refractivity contribution in [1.29, 1.82) is 0 Å². The zero-order valence-corrected chi connectivity index (χ0v) is 13.2. The Hall–Kier alpha value is -1.13. The number of piperazine rings is 1. The average Bonchev–Trinajstić information content (AvgIpc) is 2.48. The van der Waals surface area contributed by atoms with Crippen molar-refractivity contribution >= 4 is 5.69 Å². The molecule has 0 aromatic heterocycles. The molecule has 0 amide bonds. The van der Waals surface area contributed by atoms with E-state index in [-0.39, 0.29) is 5.82 Å². The van der Waals surface area contributed by atoms with E-state index in [0.29, 0.717) is 0 Å². The number of rotatable bonds is 2. The van der Waals surface area contributed by atoms with Gasteiger partial charge in [-0.25, -0.2) is 4.39 Å². The molecule has 2 heterocycles. The second-order valence-electron chi connectivity index (χ2n) is 6.51. The van der Waals surface area contributed by atoms with Gasteiger partial charge in [-0.15, -0.1) is 0 Å². The lowest BCUT2D eigenvalue weighted by Gasteiger charge is -2.42. The van der Waals surface area contributed by atoms with E-state index < -0.39 is 0 Å². The molecule has 0 saturated carbocycles. The van der Waals surface area contributed by atoms with E-state index in [2.05, 4.69) is 21.7 Å². The van der Waals surface area contributed by atoms with Gasteiger partial charge in [0.25, 0.3) is 0 Å². The number of likely N-dealkylation sites (tertiary alicyclic amines) is 1.